The zero-order valence-corrected chi connectivity index (χ0v) is 14.4. The SMILES string of the molecule is CC(CN(C)C(=O)c1ccc2cc(Br)ccc2c1)C(N)=S. The molecule has 0 aromatic heterocycles. The summed E-state index contributed by atoms with van der Waals surface area (Å²) in [5.74, 6) is -0.0201. The first-order chi connectivity index (χ1) is 9.88. The molecule has 2 aromatic carbocycles. The lowest BCUT2D eigenvalue weighted by Crippen LogP contribution is -2.35. The number of carbonyl (C=O) groups excluding carboxylic acids is 1. The number of hydrogen-bond donors (Lipinski definition) is 1. The monoisotopic (exact) mass is 364 g/mol. The molecule has 0 saturated heterocycles. The highest BCUT2D eigenvalue weighted by molar-refractivity contribution is 9.10. The molecule has 0 fully saturated rings. The van der Waals surface area contributed by atoms with Gasteiger partial charge in [-0.25, -0.2) is 0 Å². The Morgan fingerprint density at radius 2 is 1.90 bits per heavy atom. The number of amides is 1. The molecule has 0 aliphatic carbocycles. The number of halogens is 1. The van der Waals surface area contributed by atoms with E-state index in [1.54, 1.807) is 11.9 Å². The number of rotatable bonds is 4. The van der Waals surface area contributed by atoms with Crippen LogP contribution < -0.4 is 5.73 Å². The van der Waals surface area contributed by atoms with Crippen molar-refractivity contribution in [1.82, 2.24) is 4.90 Å². The number of carbonyl (C=O) groups is 1. The van der Waals surface area contributed by atoms with Crippen LogP contribution in [0.4, 0.5) is 0 Å². The van der Waals surface area contributed by atoms with Crippen molar-refractivity contribution in [1.29, 1.82) is 0 Å². The normalized spacial score (nSPS) is 12.1. The molecule has 21 heavy (non-hydrogen) atoms. The summed E-state index contributed by atoms with van der Waals surface area (Å²) in [4.78, 5) is 14.5. The van der Waals surface area contributed by atoms with E-state index >= 15 is 0 Å². The third-order valence-corrected chi connectivity index (χ3v) is 4.32. The topological polar surface area (TPSA) is 46.3 Å². The van der Waals surface area contributed by atoms with Gasteiger partial charge in [0.15, 0.2) is 0 Å². The summed E-state index contributed by atoms with van der Waals surface area (Å²) in [6.45, 7) is 2.44. The lowest BCUT2D eigenvalue weighted by Gasteiger charge is -2.21. The van der Waals surface area contributed by atoms with Crippen molar-refractivity contribution in [2.75, 3.05) is 13.6 Å². The molecule has 0 saturated carbocycles. The summed E-state index contributed by atoms with van der Waals surface area (Å²) in [6, 6.07) is 11.7. The van der Waals surface area contributed by atoms with Crippen molar-refractivity contribution in [2.24, 2.45) is 11.7 Å². The van der Waals surface area contributed by atoms with Crippen LogP contribution in [0.1, 0.15) is 17.3 Å². The van der Waals surface area contributed by atoms with Crippen LogP contribution in [0.5, 0.6) is 0 Å². The number of hydrogen-bond acceptors (Lipinski definition) is 2. The third-order valence-electron chi connectivity index (χ3n) is 3.43. The first-order valence-corrected chi connectivity index (χ1v) is 7.82. The van der Waals surface area contributed by atoms with E-state index in [1.807, 2.05) is 43.3 Å². The van der Waals surface area contributed by atoms with Gasteiger partial charge >= 0.3 is 0 Å². The lowest BCUT2D eigenvalue weighted by atomic mass is 10.1. The Kier molecular flexibility index (Phi) is 4.96. The summed E-state index contributed by atoms with van der Waals surface area (Å²) in [7, 11) is 1.77. The van der Waals surface area contributed by atoms with Gasteiger partial charge in [-0.1, -0.05) is 47.2 Å². The van der Waals surface area contributed by atoms with Crippen molar-refractivity contribution in [3.63, 3.8) is 0 Å². The summed E-state index contributed by atoms with van der Waals surface area (Å²) in [5, 5.41) is 2.14. The summed E-state index contributed by atoms with van der Waals surface area (Å²) in [6.07, 6.45) is 0. The Bertz CT molecular complexity index is 702. The first kappa shape index (κ1) is 15.9. The number of benzene rings is 2. The van der Waals surface area contributed by atoms with Crippen molar-refractivity contribution < 1.29 is 4.79 Å². The predicted octanol–water partition coefficient (Wildman–Crippen LogP) is 3.60. The molecule has 110 valence electrons. The van der Waals surface area contributed by atoms with Crippen LogP contribution in [-0.4, -0.2) is 29.4 Å². The van der Waals surface area contributed by atoms with Crippen molar-refractivity contribution >= 4 is 49.8 Å². The molecule has 1 atom stereocenters. The summed E-state index contributed by atoms with van der Waals surface area (Å²) in [5.41, 5.74) is 6.27. The fourth-order valence-electron chi connectivity index (χ4n) is 2.15. The van der Waals surface area contributed by atoms with Gasteiger partial charge in [-0.15, -0.1) is 0 Å². The van der Waals surface area contributed by atoms with Gasteiger partial charge in [-0.3, -0.25) is 4.79 Å². The molecule has 0 radical (unpaired) electrons. The molecule has 2 rings (SSSR count). The van der Waals surface area contributed by atoms with Gasteiger partial charge in [-0.05, 0) is 35.0 Å². The maximum absolute atomic E-state index is 12.4. The molecule has 2 aromatic rings. The van der Waals surface area contributed by atoms with E-state index in [0.29, 0.717) is 17.1 Å². The van der Waals surface area contributed by atoms with Crippen LogP contribution in [0.2, 0.25) is 0 Å². The maximum Gasteiger partial charge on any atom is 0.253 e. The molecule has 0 bridgehead atoms. The minimum atomic E-state index is -0.0251. The van der Waals surface area contributed by atoms with Crippen molar-refractivity contribution in [2.45, 2.75) is 6.92 Å². The number of fused-ring (bicyclic) bond motifs is 1. The minimum Gasteiger partial charge on any atom is -0.393 e. The van der Waals surface area contributed by atoms with Crippen LogP contribution in [0, 0.1) is 5.92 Å². The zero-order valence-electron chi connectivity index (χ0n) is 12.0. The third kappa shape index (κ3) is 3.80. The summed E-state index contributed by atoms with van der Waals surface area (Å²) >= 11 is 8.40. The standard InChI is InChI=1S/C16H17BrN2OS/c1-10(15(18)21)9-19(2)16(20)13-4-3-12-8-14(17)6-5-11(12)7-13/h3-8,10H,9H2,1-2H3,(H2,18,21). The molecule has 0 aliphatic rings. The average molecular weight is 365 g/mol. The Morgan fingerprint density at radius 3 is 2.57 bits per heavy atom. The summed E-state index contributed by atoms with van der Waals surface area (Å²) < 4.78 is 1.02. The van der Waals surface area contributed by atoms with E-state index < -0.39 is 0 Å². The van der Waals surface area contributed by atoms with E-state index in [0.717, 1.165) is 15.2 Å². The zero-order chi connectivity index (χ0) is 15.6. The highest BCUT2D eigenvalue weighted by Crippen LogP contribution is 2.21. The molecule has 1 amide bonds. The second-order valence-electron chi connectivity index (χ2n) is 5.20. The molecule has 3 nitrogen and oxygen atoms in total. The number of thiocarbonyl (C=S) groups is 1. The van der Waals surface area contributed by atoms with E-state index in [-0.39, 0.29) is 11.8 Å². The number of nitrogens with zero attached hydrogens (tertiary/aromatic N) is 1. The van der Waals surface area contributed by atoms with Gasteiger partial charge in [0.1, 0.15) is 0 Å². The second-order valence-corrected chi connectivity index (χ2v) is 6.58. The van der Waals surface area contributed by atoms with Gasteiger partial charge in [0.2, 0.25) is 0 Å². The molecular weight excluding hydrogens is 348 g/mol. The molecule has 5 heteroatoms. The lowest BCUT2D eigenvalue weighted by molar-refractivity contribution is 0.0787. The Balaban J connectivity index is 2.23. The van der Waals surface area contributed by atoms with Crippen molar-refractivity contribution in [3.05, 3.63) is 46.4 Å². The molecule has 0 heterocycles. The fraction of sp³-hybridized carbons (Fsp3) is 0.250. The van der Waals surface area contributed by atoms with Crippen LogP contribution in [0.3, 0.4) is 0 Å². The first-order valence-electron chi connectivity index (χ1n) is 6.62. The predicted molar refractivity (Wildman–Crippen MR) is 94.6 cm³/mol. The average Bonchev–Trinajstić information content (AvgIpc) is 2.45. The maximum atomic E-state index is 12.4. The Hall–Kier alpha value is -1.46. The van der Waals surface area contributed by atoms with E-state index in [1.165, 1.54) is 0 Å². The highest BCUT2D eigenvalue weighted by atomic mass is 79.9. The molecule has 1 unspecified atom stereocenters. The van der Waals surface area contributed by atoms with Gasteiger partial charge in [-0.2, -0.15) is 0 Å². The van der Waals surface area contributed by atoms with Crippen molar-refractivity contribution in [3.8, 4) is 0 Å². The van der Waals surface area contributed by atoms with Crippen LogP contribution in [-0.2, 0) is 0 Å². The second kappa shape index (κ2) is 6.54. The van der Waals surface area contributed by atoms with Gasteiger partial charge in [0.25, 0.3) is 5.91 Å². The Morgan fingerprint density at radius 1 is 1.29 bits per heavy atom. The van der Waals surface area contributed by atoms with Gasteiger partial charge < -0.3 is 10.6 Å². The van der Waals surface area contributed by atoms with Gasteiger partial charge in [0, 0.05) is 29.5 Å². The quantitative estimate of drug-likeness (QED) is 0.843. The van der Waals surface area contributed by atoms with Gasteiger partial charge in [0.05, 0.1) is 4.99 Å². The molecule has 2 N–H and O–H groups in total. The van der Waals surface area contributed by atoms with E-state index in [4.69, 9.17) is 18.0 Å². The Labute approximate surface area is 138 Å². The van der Waals surface area contributed by atoms with E-state index in [9.17, 15) is 4.79 Å². The largest absolute Gasteiger partial charge is 0.393 e. The van der Waals surface area contributed by atoms with Crippen LogP contribution >= 0.6 is 28.1 Å². The fourth-order valence-corrected chi connectivity index (χ4v) is 2.61. The molecule has 0 aliphatic heterocycles. The molecule has 0 spiro atoms. The minimum absolute atomic E-state index is 0.00496. The molecular formula is C16H17BrN2OS. The highest BCUT2D eigenvalue weighted by Gasteiger charge is 2.16. The van der Waals surface area contributed by atoms with Crippen LogP contribution in [0.15, 0.2) is 40.9 Å². The number of nitrogens with two attached hydrogens (primary N) is 1. The smallest absolute Gasteiger partial charge is 0.253 e. The van der Waals surface area contributed by atoms with E-state index in [2.05, 4.69) is 15.9 Å². The van der Waals surface area contributed by atoms with Crippen LogP contribution in [0.25, 0.3) is 10.8 Å².